The zero-order valence-electron chi connectivity index (χ0n) is 10.1. The Morgan fingerprint density at radius 3 is 2.42 bits per heavy atom. The molecule has 0 saturated carbocycles. The SMILES string of the molecule is N#Cc1cc(N)cc(OCc2ccccc2)c1C#N. The molecule has 0 fully saturated rings. The van der Waals surface area contributed by atoms with Gasteiger partial charge in [0.25, 0.3) is 0 Å². The molecule has 0 bridgehead atoms. The Bertz CT molecular complexity index is 666. The van der Waals surface area contributed by atoms with Gasteiger partial charge in [0.05, 0.1) is 5.56 Å². The quantitative estimate of drug-likeness (QED) is 0.847. The van der Waals surface area contributed by atoms with E-state index in [4.69, 9.17) is 21.0 Å². The summed E-state index contributed by atoms with van der Waals surface area (Å²) in [5.41, 5.74) is 7.51. The average molecular weight is 249 g/mol. The second-order valence-electron chi connectivity index (χ2n) is 3.94. The van der Waals surface area contributed by atoms with Crippen LogP contribution in [0.5, 0.6) is 5.75 Å². The normalized spacial score (nSPS) is 9.37. The van der Waals surface area contributed by atoms with Crippen LogP contribution in [0.1, 0.15) is 16.7 Å². The minimum absolute atomic E-state index is 0.215. The molecule has 0 saturated heterocycles. The van der Waals surface area contributed by atoms with Crippen molar-refractivity contribution in [2.24, 2.45) is 0 Å². The lowest BCUT2D eigenvalue weighted by Gasteiger charge is -2.09. The molecule has 0 aliphatic rings. The topological polar surface area (TPSA) is 82.8 Å². The zero-order valence-corrected chi connectivity index (χ0v) is 10.1. The van der Waals surface area contributed by atoms with Crippen LogP contribution in [0.4, 0.5) is 5.69 Å². The van der Waals surface area contributed by atoms with Gasteiger partial charge in [0.1, 0.15) is 30.1 Å². The van der Waals surface area contributed by atoms with E-state index in [9.17, 15) is 0 Å². The van der Waals surface area contributed by atoms with E-state index in [-0.39, 0.29) is 11.1 Å². The first kappa shape index (κ1) is 12.5. The number of benzene rings is 2. The lowest BCUT2D eigenvalue weighted by Crippen LogP contribution is -2.00. The van der Waals surface area contributed by atoms with E-state index in [1.165, 1.54) is 6.07 Å². The van der Waals surface area contributed by atoms with Crippen LogP contribution in [-0.4, -0.2) is 0 Å². The lowest BCUT2D eigenvalue weighted by atomic mass is 10.1. The van der Waals surface area contributed by atoms with Crippen LogP contribution >= 0.6 is 0 Å². The summed E-state index contributed by atoms with van der Waals surface area (Å²) in [5, 5.41) is 18.1. The van der Waals surface area contributed by atoms with Crippen molar-refractivity contribution < 1.29 is 4.74 Å². The van der Waals surface area contributed by atoms with Crippen LogP contribution in [-0.2, 0) is 6.61 Å². The fraction of sp³-hybridized carbons (Fsp3) is 0.0667. The third-order valence-corrected chi connectivity index (χ3v) is 2.59. The van der Waals surface area contributed by atoms with Crippen molar-refractivity contribution in [1.82, 2.24) is 0 Å². The lowest BCUT2D eigenvalue weighted by molar-refractivity contribution is 0.305. The summed E-state index contributed by atoms with van der Waals surface area (Å²) in [4.78, 5) is 0. The Kier molecular flexibility index (Phi) is 3.66. The summed E-state index contributed by atoms with van der Waals surface area (Å²) >= 11 is 0. The number of nitrogens with two attached hydrogens (primary N) is 1. The van der Waals surface area contributed by atoms with E-state index in [2.05, 4.69) is 0 Å². The molecule has 2 N–H and O–H groups in total. The van der Waals surface area contributed by atoms with E-state index < -0.39 is 0 Å². The number of hydrogen-bond acceptors (Lipinski definition) is 4. The van der Waals surface area contributed by atoms with Gasteiger partial charge >= 0.3 is 0 Å². The van der Waals surface area contributed by atoms with Gasteiger partial charge in [0.15, 0.2) is 0 Å². The van der Waals surface area contributed by atoms with Crippen LogP contribution < -0.4 is 10.5 Å². The number of hydrogen-bond donors (Lipinski definition) is 1. The molecular weight excluding hydrogens is 238 g/mol. The Hall–Kier alpha value is -2.98. The molecule has 92 valence electrons. The van der Waals surface area contributed by atoms with Crippen molar-refractivity contribution in [2.45, 2.75) is 6.61 Å². The van der Waals surface area contributed by atoms with Crippen LogP contribution in [0, 0.1) is 22.7 Å². The van der Waals surface area contributed by atoms with Crippen LogP contribution in [0.25, 0.3) is 0 Å². The van der Waals surface area contributed by atoms with Crippen LogP contribution in [0.15, 0.2) is 42.5 Å². The van der Waals surface area contributed by atoms with Gasteiger partial charge in [-0.05, 0) is 11.6 Å². The zero-order chi connectivity index (χ0) is 13.7. The molecule has 4 nitrogen and oxygen atoms in total. The Labute approximate surface area is 111 Å². The van der Waals surface area contributed by atoms with Gasteiger partial charge in [0, 0.05) is 11.8 Å². The van der Waals surface area contributed by atoms with E-state index in [0.717, 1.165) is 5.56 Å². The van der Waals surface area contributed by atoms with Gasteiger partial charge in [0.2, 0.25) is 0 Å². The second kappa shape index (κ2) is 5.57. The van der Waals surface area contributed by atoms with Crippen LogP contribution in [0.3, 0.4) is 0 Å². The van der Waals surface area contributed by atoms with Gasteiger partial charge in [-0.15, -0.1) is 0 Å². The fourth-order valence-electron chi connectivity index (χ4n) is 1.69. The molecule has 0 atom stereocenters. The summed E-state index contributed by atoms with van der Waals surface area (Å²) in [7, 11) is 0. The van der Waals surface area contributed by atoms with Crippen molar-refractivity contribution in [3.8, 4) is 17.9 Å². The summed E-state index contributed by atoms with van der Waals surface area (Å²) in [6.07, 6.45) is 0. The monoisotopic (exact) mass is 249 g/mol. The van der Waals surface area contributed by atoms with E-state index in [1.54, 1.807) is 6.07 Å². The highest BCUT2D eigenvalue weighted by Gasteiger charge is 2.11. The fourth-order valence-corrected chi connectivity index (χ4v) is 1.69. The summed E-state index contributed by atoms with van der Waals surface area (Å²) in [6, 6.07) is 16.5. The first-order chi connectivity index (χ1) is 9.24. The summed E-state index contributed by atoms with van der Waals surface area (Å²) < 4.78 is 5.58. The number of anilines is 1. The number of ether oxygens (including phenoxy) is 1. The van der Waals surface area contributed by atoms with Crippen molar-refractivity contribution in [3.63, 3.8) is 0 Å². The Morgan fingerprint density at radius 1 is 1.05 bits per heavy atom. The first-order valence-electron chi connectivity index (χ1n) is 5.65. The standard InChI is InChI=1S/C15H11N3O/c16-8-12-6-13(18)7-15(14(12)9-17)19-10-11-4-2-1-3-5-11/h1-7H,10,18H2. The summed E-state index contributed by atoms with van der Waals surface area (Å²) in [6.45, 7) is 0.323. The van der Waals surface area contributed by atoms with Gasteiger partial charge < -0.3 is 10.5 Å². The molecule has 0 aliphatic heterocycles. The van der Waals surface area contributed by atoms with Gasteiger partial charge in [-0.3, -0.25) is 0 Å². The molecule has 0 unspecified atom stereocenters. The predicted molar refractivity (Wildman–Crippen MR) is 71.1 cm³/mol. The molecule has 2 aromatic rings. The highest BCUT2D eigenvalue weighted by molar-refractivity contribution is 5.61. The van der Waals surface area contributed by atoms with Crippen molar-refractivity contribution >= 4 is 5.69 Å². The van der Waals surface area contributed by atoms with E-state index >= 15 is 0 Å². The minimum atomic E-state index is 0.215. The maximum Gasteiger partial charge on any atom is 0.140 e. The first-order valence-corrected chi connectivity index (χ1v) is 5.65. The maximum atomic E-state index is 9.10. The van der Waals surface area contributed by atoms with Crippen molar-refractivity contribution in [2.75, 3.05) is 5.73 Å². The number of nitrogens with zero attached hydrogens (tertiary/aromatic N) is 2. The molecular formula is C15H11N3O. The molecule has 0 spiro atoms. The molecule has 0 amide bonds. The highest BCUT2D eigenvalue weighted by atomic mass is 16.5. The second-order valence-corrected chi connectivity index (χ2v) is 3.94. The molecule has 2 aromatic carbocycles. The number of nitrogen functional groups attached to an aromatic ring is 1. The molecule has 0 aliphatic carbocycles. The van der Waals surface area contributed by atoms with Crippen molar-refractivity contribution in [3.05, 3.63) is 59.2 Å². The molecule has 0 aromatic heterocycles. The Balaban J connectivity index is 2.28. The molecule has 2 rings (SSSR count). The summed E-state index contributed by atoms with van der Waals surface area (Å²) in [5.74, 6) is 0.336. The van der Waals surface area contributed by atoms with Gasteiger partial charge in [-0.25, -0.2) is 0 Å². The minimum Gasteiger partial charge on any atom is -0.487 e. The van der Waals surface area contributed by atoms with E-state index in [0.29, 0.717) is 18.0 Å². The third-order valence-electron chi connectivity index (χ3n) is 2.59. The van der Waals surface area contributed by atoms with E-state index in [1.807, 2.05) is 42.5 Å². The molecule has 0 heterocycles. The highest BCUT2D eigenvalue weighted by Crippen LogP contribution is 2.26. The number of rotatable bonds is 3. The average Bonchev–Trinajstić information content (AvgIpc) is 2.45. The largest absolute Gasteiger partial charge is 0.487 e. The molecule has 19 heavy (non-hydrogen) atoms. The smallest absolute Gasteiger partial charge is 0.140 e. The Morgan fingerprint density at radius 2 is 1.79 bits per heavy atom. The van der Waals surface area contributed by atoms with Gasteiger partial charge in [-0.1, -0.05) is 30.3 Å². The van der Waals surface area contributed by atoms with Crippen molar-refractivity contribution in [1.29, 1.82) is 10.5 Å². The maximum absolute atomic E-state index is 9.10. The molecule has 4 heteroatoms. The van der Waals surface area contributed by atoms with Crippen LogP contribution in [0.2, 0.25) is 0 Å². The molecule has 0 radical (unpaired) electrons. The third kappa shape index (κ3) is 2.83. The predicted octanol–water partition coefficient (Wildman–Crippen LogP) is 2.59. The van der Waals surface area contributed by atoms with Gasteiger partial charge in [-0.2, -0.15) is 10.5 Å². The number of nitriles is 2.